The third-order valence-corrected chi connectivity index (χ3v) is 8.36. The van der Waals surface area contributed by atoms with Crippen LogP contribution in [0.25, 0.3) is 5.69 Å². The minimum Gasteiger partial charge on any atom is -0.489 e. The first-order valence-corrected chi connectivity index (χ1v) is 13.3. The average molecular weight is 546 g/mol. The fourth-order valence-corrected chi connectivity index (χ4v) is 6.12. The molecular weight excluding hydrogens is 522 g/mol. The number of benzene rings is 3. The van der Waals surface area contributed by atoms with Gasteiger partial charge in [-0.1, -0.05) is 36.4 Å². The highest BCUT2D eigenvalue weighted by Crippen LogP contribution is 2.33. The molecule has 2 heterocycles. The Labute approximate surface area is 223 Å². The molecule has 0 spiro atoms. The number of hydrogen-bond donors (Lipinski definition) is 3. The van der Waals surface area contributed by atoms with Gasteiger partial charge in [-0.3, -0.25) is 19.9 Å². The molecule has 0 saturated heterocycles. The van der Waals surface area contributed by atoms with Crippen molar-refractivity contribution in [3.8, 4) is 17.5 Å². The number of hydrogen-bond acceptors (Lipinski definition) is 7. The maximum Gasteiger partial charge on any atom is 0.276 e. The van der Waals surface area contributed by atoms with Gasteiger partial charge < -0.3 is 4.74 Å². The van der Waals surface area contributed by atoms with Gasteiger partial charge in [0.25, 0.3) is 11.5 Å². The highest BCUT2D eigenvalue weighted by molar-refractivity contribution is 7.89. The third kappa shape index (κ3) is 4.82. The zero-order chi connectivity index (χ0) is 27.6. The van der Waals surface area contributed by atoms with Gasteiger partial charge in [-0.2, -0.15) is 9.57 Å². The minimum absolute atomic E-state index is 0.0589. The lowest BCUT2D eigenvalue weighted by atomic mass is 10.0. The van der Waals surface area contributed by atoms with Crippen molar-refractivity contribution < 1.29 is 23.2 Å². The summed E-state index contributed by atoms with van der Waals surface area (Å²) in [7, 11) is -4.27. The number of ether oxygens (including phenoxy) is 1. The van der Waals surface area contributed by atoms with Crippen molar-refractivity contribution in [2.45, 2.75) is 24.0 Å². The molecule has 0 aliphatic carbocycles. The normalized spacial score (nSPS) is 15.2. The number of para-hydroxylation sites is 1. The number of rotatable bonds is 7. The second kappa shape index (κ2) is 10.6. The van der Waals surface area contributed by atoms with Gasteiger partial charge >= 0.3 is 0 Å². The monoisotopic (exact) mass is 545 g/mol. The number of aromatic amines is 1. The number of carbonyl (C=O) groups excluding carboxylic acids is 1. The van der Waals surface area contributed by atoms with E-state index in [1.807, 2.05) is 0 Å². The number of carbonyl (C=O) groups is 1. The summed E-state index contributed by atoms with van der Waals surface area (Å²) >= 11 is 0. The van der Waals surface area contributed by atoms with Gasteiger partial charge in [0, 0.05) is 24.2 Å². The Balaban J connectivity index is 1.44. The van der Waals surface area contributed by atoms with E-state index < -0.39 is 27.5 Å². The van der Waals surface area contributed by atoms with Crippen LogP contribution in [0.4, 0.5) is 0 Å². The van der Waals surface area contributed by atoms with Crippen LogP contribution in [0.3, 0.4) is 0 Å². The fourth-order valence-electron chi connectivity index (χ4n) is 4.56. The fraction of sp³-hybridized carbons (Fsp3) is 0.148. The van der Waals surface area contributed by atoms with Crippen molar-refractivity contribution in [3.05, 3.63) is 112 Å². The summed E-state index contributed by atoms with van der Waals surface area (Å²) in [6.07, 6.45) is 0.151. The standard InChI is InChI=1S/C27H23N5O6S/c28-16-18-6-4-5-7-19(18)17-38-21-10-12-22(13-11-21)39(36,37)31-15-14-23-24(25(31)26(33)30-35)27(34)32(29-23)20-8-2-1-3-9-20/h1-13,25,29,35H,14-15,17H2,(H,30,33). The summed E-state index contributed by atoms with van der Waals surface area (Å²) in [5.74, 6) is -0.671. The summed E-state index contributed by atoms with van der Waals surface area (Å²) in [4.78, 5) is 26.0. The molecule has 1 atom stereocenters. The number of nitrogens with zero attached hydrogens (tertiary/aromatic N) is 3. The van der Waals surface area contributed by atoms with Crippen LogP contribution in [0.1, 0.15) is 28.4 Å². The number of hydroxylamine groups is 1. The summed E-state index contributed by atoms with van der Waals surface area (Å²) in [5.41, 5.74) is 2.94. The van der Waals surface area contributed by atoms with Crippen LogP contribution in [-0.2, 0) is 27.8 Å². The molecule has 3 aromatic carbocycles. The molecule has 3 N–H and O–H groups in total. The first-order chi connectivity index (χ1) is 18.8. The molecule has 0 bridgehead atoms. The zero-order valence-corrected chi connectivity index (χ0v) is 21.3. The zero-order valence-electron chi connectivity index (χ0n) is 20.4. The molecule has 1 unspecified atom stereocenters. The van der Waals surface area contributed by atoms with Crippen LogP contribution >= 0.6 is 0 Å². The Morgan fingerprint density at radius 2 is 1.77 bits per heavy atom. The van der Waals surface area contributed by atoms with Crippen molar-refractivity contribution in [1.29, 1.82) is 5.26 Å². The van der Waals surface area contributed by atoms with Gasteiger partial charge in [0.15, 0.2) is 0 Å². The summed E-state index contributed by atoms with van der Waals surface area (Å²) in [5, 5.41) is 21.6. The topological polar surface area (TPSA) is 158 Å². The van der Waals surface area contributed by atoms with Crippen LogP contribution in [0, 0.1) is 11.3 Å². The highest BCUT2D eigenvalue weighted by Gasteiger charge is 2.43. The van der Waals surface area contributed by atoms with Gasteiger partial charge in [-0.25, -0.2) is 18.6 Å². The first-order valence-electron chi connectivity index (χ1n) is 11.9. The number of sulfonamides is 1. The van der Waals surface area contributed by atoms with Crippen LogP contribution in [-0.4, -0.2) is 40.2 Å². The molecule has 5 rings (SSSR count). The molecule has 4 aromatic rings. The molecular formula is C27H23N5O6S. The molecule has 39 heavy (non-hydrogen) atoms. The molecule has 0 fully saturated rings. The Kier molecular flexibility index (Phi) is 7.03. The summed E-state index contributed by atoms with van der Waals surface area (Å²) < 4.78 is 35.2. The minimum atomic E-state index is -4.27. The predicted molar refractivity (Wildman–Crippen MR) is 139 cm³/mol. The van der Waals surface area contributed by atoms with Crippen molar-refractivity contribution in [2.24, 2.45) is 0 Å². The second-order valence-corrected chi connectivity index (χ2v) is 10.6. The van der Waals surface area contributed by atoms with Crippen LogP contribution < -0.4 is 15.8 Å². The van der Waals surface area contributed by atoms with Gasteiger partial charge in [0.2, 0.25) is 10.0 Å². The van der Waals surface area contributed by atoms with Crippen molar-refractivity contribution in [3.63, 3.8) is 0 Å². The lowest BCUT2D eigenvalue weighted by Gasteiger charge is -2.32. The number of H-pyrrole nitrogens is 1. The van der Waals surface area contributed by atoms with Crippen LogP contribution in [0.5, 0.6) is 5.75 Å². The summed E-state index contributed by atoms with van der Waals surface area (Å²) in [6.45, 7) is 0.00994. The Hall–Kier alpha value is -4.70. The van der Waals surface area contributed by atoms with E-state index in [1.54, 1.807) is 54.6 Å². The van der Waals surface area contributed by atoms with Crippen LogP contribution in [0.2, 0.25) is 0 Å². The number of amides is 1. The second-order valence-electron chi connectivity index (χ2n) is 8.75. The Morgan fingerprint density at radius 1 is 1.08 bits per heavy atom. The number of nitrogens with one attached hydrogen (secondary N) is 2. The van der Waals surface area contributed by atoms with E-state index in [4.69, 9.17) is 4.74 Å². The van der Waals surface area contributed by atoms with E-state index in [9.17, 15) is 28.5 Å². The molecule has 1 aromatic heterocycles. The van der Waals surface area contributed by atoms with E-state index in [1.165, 1.54) is 34.4 Å². The van der Waals surface area contributed by atoms with E-state index in [0.29, 0.717) is 28.3 Å². The van der Waals surface area contributed by atoms with Gasteiger partial charge in [-0.05, 0) is 42.5 Å². The highest BCUT2D eigenvalue weighted by atomic mass is 32.2. The molecule has 12 heteroatoms. The quantitative estimate of drug-likeness (QED) is 0.238. The Bertz CT molecular complexity index is 1720. The van der Waals surface area contributed by atoms with E-state index in [2.05, 4.69) is 11.2 Å². The molecule has 0 radical (unpaired) electrons. The van der Waals surface area contributed by atoms with Crippen LogP contribution in [0.15, 0.2) is 88.6 Å². The number of nitriles is 1. The molecule has 0 saturated carbocycles. The largest absolute Gasteiger partial charge is 0.489 e. The molecule has 1 aliphatic rings. The molecule has 198 valence electrons. The van der Waals surface area contributed by atoms with Gasteiger partial charge in [0.1, 0.15) is 18.4 Å². The molecule has 1 amide bonds. The maximum absolute atomic E-state index is 13.7. The smallest absolute Gasteiger partial charge is 0.276 e. The average Bonchev–Trinajstić information content (AvgIpc) is 3.32. The lowest BCUT2D eigenvalue weighted by molar-refractivity contribution is -0.133. The van der Waals surface area contributed by atoms with Gasteiger partial charge in [0.05, 0.1) is 27.8 Å². The number of aromatic nitrogens is 2. The first kappa shape index (κ1) is 25.9. The summed E-state index contributed by atoms with van der Waals surface area (Å²) in [6, 6.07) is 21.8. The maximum atomic E-state index is 13.7. The molecule has 1 aliphatic heterocycles. The van der Waals surface area contributed by atoms with E-state index in [-0.39, 0.29) is 30.0 Å². The molecule has 11 nitrogen and oxygen atoms in total. The van der Waals surface area contributed by atoms with E-state index in [0.717, 1.165) is 4.31 Å². The van der Waals surface area contributed by atoms with E-state index >= 15 is 0 Å². The van der Waals surface area contributed by atoms with Crippen molar-refractivity contribution in [2.75, 3.05) is 6.54 Å². The number of fused-ring (bicyclic) bond motifs is 1. The Morgan fingerprint density at radius 3 is 2.46 bits per heavy atom. The third-order valence-electron chi connectivity index (χ3n) is 6.48. The van der Waals surface area contributed by atoms with Gasteiger partial charge in [-0.15, -0.1) is 0 Å². The lowest BCUT2D eigenvalue weighted by Crippen LogP contribution is -2.48. The van der Waals surface area contributed by atoms with Crippen molar-refractivity contribution in [1.82, 2.24) is 19.6 Å². The van der Waals surface area contributed by atoms with Crippen molar-refractivity contribution >= 4 is 15.9 Å². The SMILES string of the molecule is N#Cc1ccccc1COc1ccc(S(=O)(=O)N2CCc3[nH]n(-c4ccccc4)c(=O)c3C2C(=O)NO)cc1. The predicted octanol–water partition coefficient (Wildman–Crippen LogP) is 2.41.